The Labute approximate surface area is 53.0 Å². The van der Waals surface area contributed by atoms with E-state index in [0.717, 1.165) is 10.8 Å². The van der Waals surface area contributed by atoms with Crippen molar-refractivity contribution in [3.63, 3.8) is 0 Å². The fourth-order valence-corrected chi connectivity index (χ4v) is 0.516. The standard InChI is InChI=1S/C5H8N4/c6-9(7)5-1-3-8-4-2-5/h1-4H,6-7H2. The normalized spacial score (nSPS) is 9.11. The zero-order valence-corrected chi connectivity index (χ0v) is 4.86. The molecule has 0 bridgehead atoms. The van der Waals surface area contributed by atoms with Gasteiger partial charge in [0.1, 0.15) is 0 Å². The number of aromatic nitrogens is 1. The highest BCUT2D eigenvalue weighted by Crippen LogP contribution is 2.02. The maximum atomic E-state index is 5.20. The van der Waals surface area contributed by atoms with Gasteiger partial charge in [0.05, 0.1) is 5.69 Å². The number of hydrogen-bond donors (Lipinski definition) is 2. The third-order valence-electron chi connectivity index (χ3n) is 0.961. The topological polar surface area (TPSA) is 68.2 Å². The molecule has 0 spiro atoms. The van der Waals surface area contributed by atoms with Gasteiger partial charge in [-0.3, -0.25) is 4.98 Å². The summed E-state index contributed by atoms with van der Waals surface area (Å²) in [6.07, 6.45) is 3.25. The Morgan fingerprint density at radius 2 is 1.78 bits per heavy atom. The van der Waals surface area contributed by atoms with Crippen LogP contribution < -0.4 is 16.8 Å². The number of rotatable bonds is 1. The second kappa shape index (κ2) is 2.43. The molecule has 4 nitrogen and oxygen atoms in total. The predicted octanol–water partition coefficient (Wildman–Crippen LogP) is -0.365. The van der Waals surface area contributed by atoms with E-state index < -0.39 is 0 Å². The first kappa shape index (κ1) is 6.00. The smallest absolute Gasteiger partial charge is 0.0727 e. The van der Waals surface area contributed by atoms with E-state index in [1.807, 2.05) is 0 Å². The Morgan fingerprint density at radius 1 is 1.22 bits per heavy atom. The number of anilines is 1. The summed E-state index contributed by atoms with van der Waals surface area (Å²) in [6, 6.07) is 3.44. The minimum absolute atomic E-state index is 0.741. The fourth-order valence-electron chi connectivity index (χ4n) is 0.516. The molecule has 0 saturated carbocycles. The van der Waals surface area contributed by atoms with Crippen LogP contribution in [0.25, 0.3) is 0 Å². The van der Waals surface area contributed by atoms with Crippen LogP contribution in [0, 0.1) is 0 Å². The monoisotopic (exact) mass is 124 g/mol. The minimum atomic E-state index is 0.741. The molecular formula is C5H8N4. The Bertz CT molecular complexity index is 172. The molecule has 0 amide bonds. The van der Waals surface area contributed by atoms with Crippen molar-refractivity contribution >= 4 is 5.69 Å². The molecule has 48 valence electrons. The van der Waals surface area contributed by atoms with E-state index in [1.54, 1.807) is 24.5 Å². The number of nitrogens with two attached hydrogens (primary N) is 2. The summed E-state index contributed by atoms with van der Waals surface area (Å²) in [5.74, 6) is 10.4. The highest BCUT2D eigenvalue weighted by molar-refractivity contribution is 5.40. The van der Waals surface area contributed by atoms with E-state index in [9.17, 15) is 0 Å². The molecule has 1 aromatic heterocycles. The number of hydrogen-bond acceptors (Lipinski definition) is 4. The van der Waals surface area contributed by atoms with Crippen LogP contribution in [0.3, 0.4) is 0 Å². The van der Waals surface area contributed by atoms with Gasteiger partial charge in [0, 0.05) is 12.4 Å². The lowest BCUT2D eigenvalue weighted by atomic mass is 10.4. The van der Waals surface area contributed by atoms with Crippen LogP contribution in [0.15, 0.2) is 24.5 Å². The van der Waals surface area contributed by atoms with Gasteiger partial charge < -0.3 is 0 Å². The van der Waals surface area contributed by atoms with Gasteiger partial charge in [-0.05, 0) is 12.1 Å². The van der Waals surface area contributed by atoms with Gasteiger partial charge in [0.15, 0.2) is 0 Å². The van der Waals surface area contributed by atoms with Crippen molar-refractivity contribution in [2.75, 3.05) is 5.12 Å². The molecule has 0 radical (unpaired) electrons. The van der Waals surface area contributed by atoms with Gasteiger partial charge in [-0.15, -0.1) is 0 Å². The molecule has 1 rings (SSSR count). The van der Waals surface area contributed by atoms with Crippen LogP contribution in [-0.4, -0.2) is 4.98 Å². The zero-order valence-electron chi connectivity index (χ0n) is 4.86. The van der Waals surface area contributed by atoms with E-state index in [0.29, 0.717) is 0 Å². The summed E-state index contributed by atoms with van der Waals surface area (Å²) in [4.78, 5) is 3.79. The zero-order chi connectivity index (χ0) is 6.69. The van der Waals surface area contributed by atoms with Gasteiger partial charge in [0.2, 0.25) is 0 Å². The lowest BCUT2D eigenvalue weighted by molar-refractivity contribution is 0.922. The Morgan fingerprint density at radius 3 is 2.11 bits per heavy atom. The van der Waals surface area contributed by atoms with Gasteiger partial charge in [-0.1, -0.05) is 0 Å². The third-order valence-corrected chi connectivity index (χ3v) is 0.961. The van der Waals surface area contributed by atoms with Crippen LogP contribution in [0.4, 0.5) is 5.69 Å². The molecule has 0 fully saturated rings. The molecule has 0 aliphatic carbocycles. The van der Waals surface area contributed by atoms with Crippen molar-refractivity contribution in [2.45, 2.75) is 0 Å². The van der Waals surface area contributed by atoms with E-state index >= 15 is 0 Å². The molecule has 0 unspecified atom stereocenters. The first-order valence-electron chi connectivity index (χ1n) is 2.50. The van der Waals surface area contributed by atoms with Crippen molar-refractivity contribution < 1.29 is 0 Å². The lowest BCUT2D eigenvalue weighted by Gasteiger charge is -2.08. The van der Waals surface area contributed by atoms with Crippen molar-refractivity contribution in [2.24, 2.45) is 11.7 Å². The summed E-state index contributed by atoms with van der Waals surface area (Å²) >= 11 is 0. The number of nitrogens with zero attached hydrogens (tertiary/aromatic N) is 2. The van der Waals surface area contributed by atoms with Gasteiger partial charge in [-0.2, -0.15) is 0 Å². The average Bonchev–Trinajstić information content (AvgIpc) is 1.90. The molecule has 4 N–H and O–H groups in total. The quantitative estimate of drug-likeness (QED) is 0.396. The van der Waals surface area contributed by atoms with Crippen molar-refractivity contribution in [3.05, 3.63) is 24.5 Å². The summed E-state index contributed by atoms with van der Waals surface area (Å²) in [7, 11) is 0. The Hall–Kier alpha value is -1.13. The molecule has 0 aromatic carbocycles. The van der Waals surface area contributed by atoms with E-state index in [2.05, 4.69) is 4.98 Å². The molecule has 1 heterocycles. The molecule has 4 heteroatoms. The van der Waals surface area contributed by atoms with Crippen molar-refractivity contribution in [3.8, 4) is 0 Å². The molecule has 0 aliphatic heterocycles. The lowest BCUT2D eigenvalue weighted by Crippen LogP contribution is -2.37. The third kappa shape index (κ3) is 1.38. The largest absolute Gasteiger partial charge is 0.265 e. The van der Waals surface area contributed by atoms with Crippen LogP contribution in [0.1, 0.15) is 0 Å². The predicted molar refractivity (Wildman–Crippen MR) is 35.1 cm³/mol. The first-order valence-corrected chi connectivity index (χ1v) is 2.50. The second-order valence-electron chi connectivity index (χ2n) is 1.61. The van der Waals surface area contributed by atoms with E-state index in [1.165, 1.54) is 0 Å². The molecular weight excluding hydrogens is 116 g/mol. The highest BCUT2D eigenvalue weighted by Gasteiger charge is 1.89. The molecule has 1 aromatic rings. The van der Waals surface area contributed by atoms with Gasteiger partial charge in [0.25, 0.3) is 0 Å². The summed E-state index contributed by atoms with van der Waals surface area (Å²) < 4.78 is 0. The maximum absolute atomic E-state index is 5.20. The molecule has 0 saturated heterocycles. The summed E-state index contributed by atoms with van der Waals surface area (Å²) in [5.41, 5.74) is 0.741. The Balaban J connectivity index is 2.85. The molecule has 0 aliphatic rings. The van der Waals surface area contributed by atoms with Gasteiger partial charge in [-0.25, -0.2) is 16.8 Å². The Kier molecular flexibility index (Phi) is 1.62. The minimum Gasteiger partial charge on any atom is -0.265 e. The number of pyridine rings is 1. The number of hydrazine groups is 2. The van der Waals surface area contributed by atoms with Crippen LogP contribution in [0.2, 0.25) is 0 Å². The van der Waals surface area contributed by atoms with Crippen LogP contribution in [0.5, 0.6) is 0 Å². The summed E-state index contributed by atoms with van der Waals surface area (Å²) in [5, 5.41) is 1.04. The van der Waals surface area contributed by atoms with E-state index in [4.69, 9.17) is 11.7 Å². The van der Waals surface area contributed by atoms with Crippen LogP contribution in [-0.2, 0) is 0 Å². The summed E-state index contributed by atoms with van der Waals surface area (Å²) in [6.45, 7) is 0. The molecule has 9 heavy (non-hydrogen) atoms. The van der Waals surface area contributed by atoms with Crippen LogP contribution >= 0.6 is 0 Å². The first-order chi connectivity index (χ1) is 4.30. The van der Waals surface area contributed by atoms with Gasteiger partial charge >= 0.3 is 0 Å². The fraction of sp³-hybridized carbons (Fsp3) is 0. The van der Waals surface area contributed by atoms with Crippen molar-refractivity contribution in [1.29, 1.82) is 0 Å². The molecule has 0 atom stereocenters. The highest BCUT2D eigenvalue weighted by atomic mass is 15.6. The SMILES string of the molecule is NN(N)c1ccncc1. The average molecular weight is 124 g/mol. The maximum Gasteiger partial charge on any atom is 0.0727 e. The second-order valence-corrected chi connectivity index (χ2v) is 1.61. The van der Waals surface area contributed by atoms with Crippen molar-refractivity contribution in [1.82, 2.24) is 4.98 Å². The van der Waals surface area contributed by atoms with E-state index in [-0.39, 0.29) is 0 Å².